The Hall–Kier alpha value is -3.27. The number of benzene rings is 2. The van der Waals surface area contributed by atoms with Gasteiger partial charge in [0.15, 0.2) is 5.82 Å². The summed E-state index contributed by atoms with van der Waals surface area (Å²) in [6.07, 6.45) is 2.45. The van der Waals surface area contributed by atoms with Crippen LogP contribution in [0.4, 0.5) is 0 Å². The summed E-state index contributed by atoms with van der Waals surface area (Å²) in [5.41, 5.74) is 4.79. The molecule has 4 nitrogen and oxygen atoms in total. The average molecular weight is 353 g/mol. The quantitative estimate of drug-likeness (QED) is 0.503. The molecule has 5 rings (SSSR count). The van der Waals surface area contributed by atoms with Gasteiger partial charge in [-0.2, -0.15) is 0 Å². The molecule has 4 aromatic rings. The van der Waals surface area contributed by atoms with Crippen molar-refractivity contribution in [1.82, 2.24) is 15.0 Å². The molecule has 1 aliphatic rings. The number of aromatic nitrogens is 3. The fourth-order valence-electron chi connectivity index (χ4n) is 3.36. The first-order valence-electron chi connectivity index (χ1n) is 9.20. The molecule has 0 unspecified atom stereocenters. The SMILES string of the molecule is COc1cccc(-c2nc(-c3cccc(C4CC4)n3)nc3ccccc23)c1. The van der Waals surface area contributed by atoms with E-state index in [1.165, 1.54) is 12.8 Å². The fraction of sp³-hybridized carbons (Fsp3) is 0.174. The van der Waals surface area contributed by atoms with Crippen molar-refractivity contribution in [3.63, 3.8) is 0 Å². The van der Waals surface area contributed by atoms with E-state index in [-0.39, 0.29) is 0 Å². The number of pyridine rings is 1. The zero-order valence-corrected chi connectivity index (χ0v) is 15.1. The number of hydrogen-bond donors (Lipinski definition) is 0. The predicted octanol–water partition coefficient (Wildman–Crippen LogP) is 5.24. The second-order valence-corrected chi connectivity index (χ2v) is 6.87. The van der Waals surface area contributed by atoms with E-state index in [1.54, 1.807) is 7.11 Å². The molecule has 2 aromatic carbocycles. The third-order valence-corrected chi connectivity index (χ3v) is 4.94. The van der Waals surface area contributed by atoms with Crippen LogP contribution in [0.15, 0.2) is 66.7 Å². The van der Waals surface area contributed by atoms with Crippen LogP contribution in [0.25, 0.3) is 33.7 Å². The molecule has 0 radical (unpaired) electrons. The van der Waals surface area contributed by atoms with E-state index >= 15 is 0 Å². The zero-order chi connectivity index (χ0) is 18.2. The molecule has 27 heavy (non-hydrogen) atoms. The van der Waals surface area contributed by atoms with Gasteiger partial charge in [-0.25, -0.2) is 15.0 Å². The highest BCUT2D eigenvalue weighted by molar-refractivity contribution is 5.93. The lowest BCUT2D eigenvalue weighted by atomic mass is 10.1. The Balaban J connectivity index is 1.71. The summed E-state index contributed by atoms with van der Waals surface area (Å²) in [4.78, 5) is 14.5. The van der Waals surface area contributed by atoms with E-state index in [1.807, 2.05) is 42.5 Å². The molecular formula is C23H19N3O. The van der Waals surface area contributed by atoms with E-state index in [0.29, 0.717) is 11.7 Å². The van der Waals surface area contributed by atoms with Gasteiger partial charge in [-0.3, -0.25) is 0 Å². The number of nitrogens with zero attached hydrogens (tertiary/aromatic N) is 3. The molecule has 4 heteroatoms. The van der Waals surface area contributed by atoms with Crippen LogP contribution in [0.2, 0.25) is 0 Å². The van der Waals surface area contributed by atoms with Gasteiger partial charge in [-0.1, -0.05) is 36.4 Å². The Morgan fingerprint density at radius 1 is 0.852 bits per heavy atom. The molecule has 1 saturated carbocycles. The molecule has 1 fully saturated rings. The Bertz CT molecular complexity index is 1140. The van der Waals surface area contributed by atoms with Crippen molar-refractivity contribution in [1.29, 1.82) is 0 Å². The minimum Gasteiger partial charge on any atom is -0.497 e. The van der Waals surface area contributed by atoms with Gasteiger partial charge in [-0.05, 0) is 43.2 Å². The van der Waals surface area contributed by atoms with Crippen molar-refractivity contribution in [2.24, 2.45) is 0 Å². The third kappa shape index (κ3) is 3.04. The lowest BCUT2D eigenvalue weighted by Gasteiger charge is -2.10. The van der Waals surface area contributed by atoms with Gasteiger partial charge in [0.2, 0.25) is 0 Å². The number of ether oxygens (including phenoxy) is 1. The van der Waals surface area contributed by atoms with Crippen molar-refractivity contribution < 1.29 is 4.74 Å². The second kappa shape index (κ2) is 6.47. The van der Waals surface area contributed by atoms with Crippen molar-refractivity contribution >= 4 is 10.9 Å². The van der Waals surface area contributed by atoms with Crippen molar-refractivity contribution in [3.8, 4) is 28.5 Å². The Kier molecular flexibility index (Phi) is 3.82. The molecule has 0 amide bonds. The molecule has 0 atom stereocenters. The van der Waals surface area contributed by atoms with Gasteiger partial charge in [0.05, 0.1) is 18.3 Å². The van der Waals surface area contributed by atoms with Gasteiger partial charge < -0.3 is 4.74 Å². The first-order chi connectivity index (χ1) is 13.3. The van der Waals surface area contributed by atoms with E-state index in [2.05, 4.69) is 24.3 Å². The molecule has 1 aliphatic carbocycles. The smallest absolute Gasteiger partial charge is 0.179 e. The van der Waals surface area contributed by atoms with E-state index < -0.39 is 0 Å². The average Bonchev–Trinajstić information content (AvgIpc) is 3.58. The van der Waals surface area contributed by atoms with Crippen LogP contribution in [0.1, 0.15) is 24.5 Å². The highest BCUT2D eigenvalue weighted by Crippen LogP contribution is 2.39. The topological polar surface area (TPSA) is 47.9 Å². The summed E-state index contributed by atoms with van der Waals surface area (Å²) in [6, 6.07) is 22.2. The van der Waals surface area contributed by atoms with Gasteiger partial charge in [0, 0.05) is 22.6 Å². The van der Waals surface area contributed by atoms with Crippen LogP contribution in [0, 0.1) is 0 Å². The lowest BCUT2D eigenvalue weighted by molar-refractivity contribution is 0.415. The normalized spacial score (nSPS) is 13.7. The number of rotatable bonds is 4. The number of methoxy groups -OCH3 is 1. The summed E-state index contributed by atoms with van der Waals surface area (Å²) in [6.45, 7) is 0. The van der Waals surface area contributed by atoms with E-state index in [4.69, 9.17) is 19.7 Å². The maximum Gasteiger partial charge on any atom is 0.179 e. The molecule has 0 bridgehead atoms. The minimum atomic E-state index is 0.600. The van der Waals surface area contributed by atoms with Gasteiger partial charge >= 0.3 is 0 Å². The summed E-state index contributed by atoms with van der Waals surface area (Å²) in [7, 11) is 1.68. The van der Waals surface area contributed by atoms with Crippen LogP contribution in [-0.2, 0) is 0 Å². The zero-order valence-electron chi connectivity index (χ0n) is 15.1. The first-order valence-corrected chi connectivity index (χ1v) is 9.20. The molecule has 2 aromatic heterocycles. The third-order valence-electron chi connectivity index (χ3n) is 4.94. The van der Waals surface area contributed by atoms with Crippen LogP contribution >= 0.6 is 0 Å². The Morgan fingerprint density at radius 3 is 2.56 bits per heavy atom. The molecule has 0 N–H and O–H groups in total. The van der Waals surface area contributed by atoms with Crippen LogP contribution in [0.3, 0.4) is 0 Å². The lowest BCUT2D eigenvalue weighted by Crippen LogP contribution is -1.98. The summed E-state index contributed by atoms with van der Waals surface area (Å²) in [5.74, 6) is 2.07. The van der Waals surface area contributed by atoms with Crippen LogP contribution < -0.4 is 4.74 Å². The van der Waals surface area contributed by atoms with Crippen molar-refractivity contribution in [3.05, 3.63) is 72.4 Å². The Morgan fingerprint density at radius 2 is 1.70 bits per heavy atom. The van der Waals surface area contributed by atoms with Crippen LogP contribution in [-0.4, -0.2) is 22.1 Å². The molecule has 132 valence electrons. The van der Waals surface area contributed by atoms with Gasteiger partial charge in [0.1, 0.15) is 11.4 Å². The number of fused-ring (bicyclic) bond motifs is 1. The highest BCUT2D eigenvalue weighted by Gasteiger charge is 2.25. The summed E-state index contributed by atoms with van der Waals surface area (Å²) in [5, 5.41) is 1.02. The molecular weight excluding hydrogens is 334 g/mol. The molecule has 2 heterocycles. The summed E-state index contributed by atoms with van der Waals surface area (Å²) < 4.78 is 5.40. The summed E-state index contributed by atoms with van der Waals surface area (Å²) >= 11 is 0. The second-order valence-electron chi connectivity index (χ2n) is 6.87. The molecule has 0 spiro atoms. The predicted molar refractivity (Wildman–Crippen MR) is 107 cm³/mol. The fourth-order valence-corrected chi connectivity index (χ4v) is 3.36. The van der Waals surface area contributed by atoms with Crippen LogP contribution in [0.5, 0.6) is 5.75 Å². The molecule has 0 saturated heterocycles. The highest BCUT2D eigenvalue weighted by atomic mass is 16.5. The van der Waals surface area contributed by atoms with Gasteiger partial charge in [-0.15, -0.1) is 0 Å². The Labute approximate surface area is 157 Å². The maximum atomic E-state index is 5.40. The molecule has 0 aliphatic heterocycles. The van der Waals surface area contributed by atoms with Gasteiger partial charge in [0.25, 0.3) is 0 Å². The maximum absolute atomic E-state index is 5.40. The standard InChI is InChI=1S/C23H19N3O/c1-27-17-7-4-6-16(14-17)22-18-8-2-3-9-20(18)25-23(26-22)21-11-5-10-19(24-21)15-12-13-15/h2-11,14-15H,12-13H2,1H3. The minimum absolute atomic E-state index is 0.600. The number of para-hydroxylation sites is 1. The monoisotopic (exact) mass is 353 g/mol. The van der Waals surface area contributed by atoms with E-state index in [0.717, 1.165) is 39.3 Å². The largest absolute Gasteiger partial charge is 0.497 e. The first kappa shape index (κ1) is 15.9. The number of hydrogen-bond acceptors (Lipinski definition) is 4. The van der Waals surface area contributed by atoms with Crippen molar-refractivity contribution in [2.75, 3.05) is 7.11 Å². The van der Waals surface area contributed by atoms with Crippen molar-refractivity contribution in [2.45, 2.75) is 18.8 Å². The van der Waals surface area contributed by atoms with E-state index in [9.17, 15) is 0 Å².